The number of ether oxygens (including phenoxy) is 1. The van der Waals surface area contributed by atoms with Crippen LogP contribution in [0.3, 0.4) is 0 Å². The SMILES string of the molecule is CC.COC1=CCC(n2cc(C3=CCCCC(C(=O)O)=C3)cn2)=CC=C1. The van der Waals surface area contributed by atoms with Gasteiger partial charge >= 0.3 is 5.97 Å². The van der Waals surface area contributed by atoms with Gasteiger partial charge in [-0.3, -0.25) is 0 Å². The number of hydrogen-bond donors (Lipinski definition) is 1. The number of carboxylic acid groups (broad SMARTS) is 1. The highest BCUT2D eigenvalue weighted by Crippen LogP contribution is 2.26. The molecule has 3 rings (SSSR count). The average Bonchev–Trinajstić information content (AvgIpc) is 2.88. The fourth-order valence-corrected chi connectivity index (χ4v) is 2.78. The van der Waals surface area contributed by atoms with Crippen molar-refractivity contribution in [3.05, 3.63) is 65.7 Å². The van der Waals surface area contributed by atoms with E-state index in [1.807, 2.05) is 49.0 Å². The molecule has 0 bridgehead atoms. The Hall–Kier alpha value is -2.82. The van der Waals surface area contributed by atoms with E-state index in [1.54, 1.807) is 19.4 Å². The number of carbonyl (C=O) groups is 1. The summed E-state index contributed by atoms with van der Waals surface area (Å²) in [6, 6.07) is 0. The van der Waals surface area contributed by atoms with Crippen molar-refractivity contribution >= 4 is 17.2 Å². The number of aromatic nitrogens is 2. The molecule has 138 valence electrons. The van der Waals surface area contributed by atoms with E-state index in [1.165, 1.54) is 0 Å². The second kappa shape index (κ2) is 9.61. The molecule has 2 aliphatic rings. The van der Waals surface area contributed by atoms with E-state index in [-0.39, 0.29) is 0 Å². The summed E-state index contributed by atoms with van der Waals surface area (Å²) in [7, 11) is 1.65. The highest BCUT2D eigenvalue weighted by atomic mass is 16.5. The monoisotopic (exact) mass is 354 g/mol. The Labute approximate surface area is 154 Å². The first kappa shape index (κ1) is 19.5. The van der Waals surface area contributed by atoms with Crippen LogP contribution in [0.25, 0.3) is 11.3 Å². The quantitative estimate of drug-likeness (QED) is 0.842. The first-order valence-electron chi connectivity index (χ1n) is 8.98. The van der Waals surface area contributed by atoms with Crippen molar-refractivity contribution in [2.45, 2.75) is 39.5 Å². The number of hydrogen-bond acceptors (Lipinski definition) is 3. The maximum atomic E-state index is 11.3. The molecule has 0 unspecified atom stereocenters. The fraction of sp³-hybridized carbons (Fsp3) is 0.333. The third-order valence-corrected chi connectivity index (χ3v) is 4.13. The van der Waals surface area contributed by atoms with Gasteiger partial charge in [0.25, 0.3) is 0 Å². The van der Waals surface area contributed by atoms with Crippen molar-refractivity contribution in [3.63, 3.8) is 0 Å². The minimum Gasteiger partial charge on any atom is -0.497 e. The molecule has 1 aromatic rings. The number of rotatable bonds is 4. The lowest BCUT2D eigenvalue weighted by molar-refractivity contribution is -0.132. The summed E-state index contributed by atoms with van der Waals surface area (Å²) < 4.78 is 7.07. The van der Waals surface area contributed by atoms with E-state index < -0.39 is 5.97 Å². The van der Waals surface area contributed by atoms with Gasteiger partial charge in [0.2, 0.25) is 0 Å². The van der Waals surface area contributed by atoms with Gasteiger partial charge in [0.15, 0.2) is 0 Å². The summed E-state index contributed by atoms with van der Waals surface area (Å²) in [5.74, 6) is -0.0156. The molecule has 0 saturated carbocycles. The maximum absolute atomic E-state index is 11.3. The third kappa shape index (κ3) is 4.85. The Morgan fingerprint density at radius 2 is 2.12 bits per heavy atom. The molecule has 0 saturated heterocycles. The van der Waals surface area contributed by atoms with Gasteiger partial charge in [-0.05, 0) is 49.1 Å². The lowest BCUT2D eigenvalue weighted by Gasteiger charge is -2.04. The Balaban J connectivity index is 0.00000117. The fourth-order valence-electron chi connectivity index (χ4n) is 2.78. The summed E-state index contributed by atoms with van der Waals surface area (Å²) in [5.41, 5.74) is 3.34. The van der Waals surface area contributed by atoms with E-state index in [0.29, 0.717) is 18.4 Å². The second-order valence-electron chi connectivity index (χ2n) is 5.73. The normalized spacial score (nSPS) is 16.7. The van der Waals surface area contributed by atoms with Crippen molar-refractivity contribution in [3.8, 4) is 0 Å². The van der Waals surface area contributed by atoms with E-state index in [0.717, 1.165) is 35.4 Å². The molecular weight excluding hydrogens is 328 g/mol. The highest BCUT2D eigenvalue weighted by molar-refractivity contribution is 5.91. The summed E-state index contributed by atoms with van der Waals surface area (Å²) >= 11 is 0. The molecule has 0 radical (unpaired) electrons. The number of aliphatic carboxylic acids is 1. The smallest absolute Gasteiger partial charge is 0.331 e. The zero-order valence-electron chi connectivity index (χ0n) is 15.6. The standard InChI is InChI=1S/C19H20N2O3.C2H6/c1-24-18-8-4-7-17(9-10-18)21-13-16(12-20-21)14-5-2-3-6-15(11-14)19(22)23;1-2/h4-5,7-8,10-13H,2-3,6,9H2,1H3,(H,22,23);1-2H3. The molecule has 5 nitrogen and oxygen atoms in total. The van der Waals surface area contributed by atoms with Gasteiger partial charge in [-0.1, -0.05) is 26.0 Å². The summed E-state index contributed by atoms with van der Waals surface area (Å²) in [5, 5.41) is 13.7. The topological polar surface area (TPSA) is 64.3 Å². The van der Waals surface area contributed by atoms with Crippen LogP contribution in [0.15, 0.2) is 60.2 Å². The summed E-state index contributed by atoms with van der Waals surface area (Å²) in [4.78, 5) is 11.3. The third-order valence-electron chi connectivity index (χ3n) is 4.13. The molecule has 0 aromatic carbocycles. The largest absolute Gasteiger partial charge is 0.497 e. The van der Waals surface area contributed by atoms with Crippen LogP contribution in [0.2, 0.25) is 0 Å². The Bertz CT molecular complexity index is 792. The van der Waals surface area contributed by atoms with Crippen LogP contribution in [0.5, 0.6) is 0 Å². The summed E-state index contributed by atoms with van der Waals surface area (Å²) in [6.45, 7) is 4.00. The predicted molar refractivity (Wildman–Crippen MR) is 104 cm³/mol. The van der Waals surface area contributed by atoms with E-state index in [9.17, 15) is 9.90 Å². The average molecular weight is 354 g/mol. The van der Waals surface area contributed by atoms with Gasteiger partial charge in [0.1, 0.15) is 5.76 Å². The molecule has 26 heavy (non-hydrogen) atoms. The number of methoxy groups -OCH3 is 1. The van der Waals surface area contributed by atoms with Crippen molar-refractivity contribution < 1.29 is 14.6 Å². The zero-order chi connectivity index (χ0) is 18.9. The minimum absolute atomic E-state index is 0.454. The molecule has 0 spiro atoms. The Morgan fingerprint density at radius 1 is 1.31 bits per heavy atom. The van der Waals surface area contributed by atoms with Crippen LogP contribution in [0.4, 0.5) is 0 Å². The Kier molecular flexibility index (Phi) is 7.21. The van der Waals surface area contributed by atoms with Gasteiger partial charge in [0, 0.05) is 29.5 Å². The Morgan fingerprint density at radius 3 is 2.85 bits per heavy atom. The summed E-state index contributed by atoms with van der Waals surface area (Å²) in [6.07, 6.45) is 18.5. The number of allylic oxidation sites excluding steroid dienone is 8. The van der Waals surface area contributed by atoms with Gasteiger partial charge in [-0.2, -0.15) is 5.10 Å². The molecule has 2 aliphatic carbocycles. The number of nitrogens with zero attached hydrogens (tertiary/aromatic N) is 2. The molecule has 1 heterocycles. The van der Waals surface area contributed by atoms with Gasteiger partial charge in [-0.25, -0.2) is 9.48 Å². The van der Waals surface area contributed by atoms with Crippen molar-refractivity contribution in [1.82, 2.24) is 9.78 Å². The van der Waals surface area contributed by atoms with Crippen LogP contribution < -0.4 is 0 Å². The van der Waals surface area contributed by atoms with Crippen molar-refractivity contribution in [2.24, 2.45) is 0 Å². The zero-order valence-corrected chi connectivity index (χ0v) is 15.6. The molecule has 0 aliphatic heterocycles. The van der Waals surface area contributed by atoms with Crippen molar-refractivity contribution in [1.29, 1.82) is 0 Å². The van der Waals surface area contributed by atoms with E-state index in [4.69, 9.17) is 4.74 Å². The molecule has 1 aromatic heterocycles. The maximum Gasteiger partial charge on any atom is 0.331 e. The molecule has 0 fully saturated rings. The van der Waals surface area contributed by atoms with E-state index >= 15 is 0 Å². The predicted octanol–water partition coefficient (Wildman–Crippen LogP) is 4.82. The molecule has 1 N–H and O–H groups in total. The highest BCUT2D eigenvalue weighted by Gasteiger charge is 2.13. The van der Waals surface area contributed by atoms with Crippen LogP contribution in [-0.4, -0.2) is 28.0 Å². The van der Waals surface area contributed by atoms with Crippen LogP contribution >= 0.6 is 0 Å². The van der Waals surface area contributed by atoms with Gasteiger partial charge in [-0.15, -0.1) is 0 Å². The minimum atomic E-state index is -0.843. The van der Waals surface area contributed by atoms with Crippen molar-refractivity contribution in [2.75, 3.05) is 7.11 Å². The van der Waals surface area contributed by atoms with Gasteiger partial charge < -0.3 is 9.84 Å². The number of carboxylic acids is 1. The molecular formula is C21H26N2O3. The van der Waals surface area contributed by atoms with E-state index in [2.05, 4.69) is 11.2 Å². The van der Waals surface area contributed by atoms with Crippen LogP contribution in [0, 0.1) is 0 Å². The lowest BCUT2D eigenvalue weighted by atomic mass is 10.1. The second-order valence-corrected chi connectivity index (χ2v) is 5.73. The first-order valence-corrected chi connectivity index (χ1v) is 8.98. The molecule has 0 atom stereocenters. The van der Waals surface area contributed by atoms with Crippen LogP contribution in [-0.2, 0) is 9.53 Å². The molecule has 5 heteroatoms. The lowest BCUT2D eigenvalue weighted by Crippen LogP contribution is -1.99. The first-order chi connectivity index (χ1) is 12.7. The van der Waals surface area contributed by atoms with Gasteiger partial charge in [0.05, 0.1) is 13.3 Å². The van der Waals surface area contributed by atoms with Crippen LogP contribution in [0.1, 0.15) is 45.1 Å². The molecule has 0 amide bonds.